The molecule has 0 saturated heterocycles. The van der Waals surface area contributed by atoms with Gasteiger partial charge in [0.25, 0.3) is 0 Å². The third-order valence-electron chi connectivity index (χ3n) is 11.4. The minimum Gasteiger partial charge on any atom is -0.494 e. The summed E-state index contributed by atoms with van der Waals surface area (Å²) in [5.74, 6) is 2.15. The highest BCUT2D eigenvalue weighted by Crippen LogP contribution is 2.50. The first-order chi connectivity index (χ1) is 33.8. The summed E-state index contributed by atoms with van der Waals surface area (Å²) >= 11 is 10.6. The molecule has 372 valence electrons. The third-order valence-corrected chi connectivity index (χ3v) is 18.0. The lowest BCUT2D eigenvalue weighted by Crippen LogP contribution is -2.22. The maximum Gasteiger partial charge on any atom is 0.307 e. The number of methoxy groups -OCH3 is 4. The topological polar surface area (TPSA) is 236 Å². The monoisotopic (exact) mass is 1090 g/mol. The predicted octanol–water partition coefficient (Wildman–Crippen LogP) is 13.2. The van der Waals surface area contributed by atoms with Gasteiger partial charge >= 0.3 is 10.1 Å². The molecule has 70 heavy (non-hydrogen) atoms. The highest BCUT2D eigenvalue weighted by Gasteiger charge is 2.28. The van der Waals surface area contributed by atoms with E-state index in [0.29, 0.717) is 82.9 Å². The van der Waals surface area contributed by atoms with Crippen molar-refractivity contribution in [3.63, 3.8) is 0 Å². The van der Waals surface area contributed by atoms with Gasteiger partial charge in [-0.3, -0.25) is 4.55 Å². The molecular formula is C43H51N13O7S7. The van der Waals surface area contributed by atoms with Gasteiger partial charge in [0, 0.05) is 43.6 Å². The zero-order chi connectivity index (χ0) is 49.7. The van der Waals surface area contributed by atoms with Gasteiger partial charge in [-0.25, -0.2) is 0 Å². The Morgan fingerprint density at radius 3 is 1.64 bits per heavy atom. The Morgan fingerprint density at radius 1 is 0.700 bits per heavy atom. The summed E-state index contributed by atoms with van der Waals surface area (Å²) in [6, 6.07) is 7.45. The third kappa shape index (κ3) is 10.8. The Balaban J connectivity index is 1.25. The number of anilines is 6. The summed E-state index contributed by atoms with van der Waals surface area (Å²) in [4.78, 5) is 20.3. The van der Waals surface area contributed by atoms with Crippen molar-refractivity contribution in [2.75, 3.05) is 75.1 Å². The van der Waals surface area contributed by atoms with E-state index in [0.717, 1.165) is 83.2 Å². The fourth-order valence-electron chi connectivity index (χ4n) is 7.95. The van der Waals surface area contributed by atoms with E-state index in [1.54, 1.807) is 39.2 Å². The van der Waals surface area contributed by atoms with Gasteiger partial charge in [0.1, 0.15) is 36.7 Å². The summed E-state index contributed by atoms with van der Waals surface area (Å²) in [7, 11) is 1.52. The van der Waals surface area contributed by atoms with Crippen LogP contribution in [0.3, 0.4) is 0 Å². The number of nitrogens with zero attached hydrogens (tertiary/aromatic N) is 11. The number of fused-ring (bicyclic) bond motifs is 2. The van der Waals surface area contributed by atoms with Crippen LogP contribution in [-0.4, -0.2) is 96.5 Å². The molecule has 5 heterocycles. The summed E-state index contributed by atoms with van der Waals surface area (Å²) in [6.07, 6.45) is 5.52. The van der Waals surface area contributed by atoms with Crippen LogP contribution in [0.2, 0.25) is 0 Å². The van der Waals surface area contributed by atoms with E-state index < -0.39 is 10.1 Å². The molecule has 1 aliphatic carbocycles. The SMILES string of the molecule is CCN(CC)c1cc(Nc2nc(Nc3cc(N(CC)CC)c(OC)cc3/N=N/c3snc4sc(S(=O)(=O)O)c(OC)c34)nc(SC3CCCCC3)n2)c(/N=N/c2snc3sc(S)c(OC)c23)cc1OC. The first-order valence-corrected chi connectivity index (χ1v) is 28.1. The number of benzene rings is 2. The number of rotatable bonds is 21. The molecule has 8 rings (SSSR count). The molecule has 0 bridgehead atoms. The Kier molecular flexibility index (Phi) is 16.5. The maximum absolute atomic E-state index is 12.2. The molecule has 1 saturated carbocycles. The standard InChI is InChI=1S/C43H51N13O7S7/c1-9-55(10-2)27-18-23(25(20-29(27)60-5)49-51-35-31-33(62-7)39(64)66-37(31)53-68-35)44-41-46-42(48-43(47-41)65-22-16-14-13-15-17-22)45-24-19-28(56(11-3)12-4)30(61-6)21-26(24)50-52-36-32-34(63-8)40(70(57,58)59)67-38(32)54-69-36/h18-22,64H,9-17H2,1-8H3,(H,57,58,59)(H2,44,45,46,47,48)/b51-49+,52-50+. The number of thiophene rings is 2. The van der Waals surface area contributed by atoms with Crippen LogP contribution >= 0.6 is 70.1 Å². The van der Waals surface area contributed by atoms with E-state index >= 15 is 0 Å². The van der Waals surface area contributed by atoms with Gasteiger partial charge in [-0.2, -0.15) is 32.1 Å². The van der Waals surface area contributed by atoms with Gasteiger partial charge in [-0.05, 0) is 75.7 Å². The van der Waals surface area contributed by atoms with Crippen LogP contribution in [0, 0.1) is 0 Å². The zero-order valence-electron chi connectivity index (χ0n) is 39.5. The minimum absolute atomic E-state index is 0.0625. The van der Waals surface area contributed by atoms with Crippen molar-refractivity contribution in [1.29, 1.82) is 0 Å². The fraction of sp³-hybridized carbons (Fsp3) is 0.419. The number of aromatic nitrogens is 5. The Morgan fingerprint density at radius 2 is 1.19 bits per heavy atom. The van der Waals surface area contributed by atoms with E-state index in [9.17, 15) is 13.0 Å². The molecule has 0 radical (unpaired) electrons. The molecule has 1 aliphatic rings. The number of azo groups is 2. The second-order valence-electron chi connectivity index (χ2n) is 15.4. The molecule has 1 fully saturated rings. The van der Waals surface area contributed by atoms with Crippen molar-refractivity contribution >= 4 is 157 Å². The molecule has 0 spiro atoms. The van der Waals surface area contributed by atoms with Gasteiger partial charge in [0.15, 0.2) is 30.9 Å². The number of thiol groups is 1. The van der Waals surface area contributed by atoms with Crippen molar-refractivity contribution in [3.05, 3.63) is 24.3 Å². The second-order valence-corrected chi connectivity index (χ2v) is 22.5. The van der Waals surface area contributed by atoms with Crippen LogP contribution in [0.4, 0.5) is 56.0 Å². The quantitative estimate of drug-likeness (QED) is 0.0297. The molecule has 3 N–H and O–H groups in total. The van der Waals surface area contributed by atoms with Crippen LogP contribution in [0.15, 0.2) is 58.3 Å². The first-order valence-electron chi connectivity index (χ1n) is 22.2. The van der Waals surface area contributed by atoms with Gasteiger partial charge in [-0.15, -0.1) is 44.4 Å². The van der Waals surface area contributed by atoms with Crippen LogP contribution < -0.4 is 39.4 Å². The molecule has 5 aromatic heterocycles. The number of hydrogen-bond acceptors (Lipinski definition) is 25. The van der Waals surface area contributed by atoms with Crippen LogP contribution in [0.5, 0.6) is 23.0 Å². The molecule has 27 heteroatoms. The van der Waals surface area contributed by atoms with E-state index in [2.05, 4.69) is 79.7 Å². The van der Waals surface area contributed by atoms with Crippen LogP contribution in [-0.2, 0) is 10.1 Å². The van der Waals surface area contributed by atoms with Gasteiger partial charge in [0.2, 0.25) is 11.9 Å². The van der Waals surface area contributed by atoms with E-state index in [1.807, 2.05) is 18.2 Å². The lowest BCUT2D eigenvalue weighted by molar-refractivity contribution is 0.406. The molecule has 0 amide bonds. The maximum atomic E-state index is 12.2. The van der Waals surface area contributed by atoms with Crippen molar-refractivity contribution in [3.8, 4) is 23.0 Å². The summed E-state index contributed by atoms with van der Waals surface area (Å²) in [6.45, 7) is 11.1. The molecule has 0 atom stereocenters. The second kappa shape index (κ2) is 22.5. The predicted molar refractivity (Wildman–Crippen MR) is 286 cm³/mol. The lowest BCUT2D eigenvalue weighted by atomic mass is 10.0. The number of hydrogen-bond donors (Lipinski definition) is 4. The number of thioether (sulfide) groups is 1. The van der Waals surface area contributed by atoms with Gasteiger partial charge in [0.05, 0.1) is 62.0 Å². The van der Waals surface area contributed by atoms with Crippen molar-refractivity contribution in [1.82, 2.24) is 23.7 Å². The zero-order valence-corrected chi connectivity index (χ0v) is 45.3. The Bertz CT molecular complexity index is 3160. The van der Waals surface area contributed by atoms with Crippen molar-refractivity contribution < 1.29 is 31.9 Å². The van der Waals surface area contributed by atoms with Gasteiger partial charge < -0.3 is 39.4 Å². The molecule has 0 aliphatic heterocycles. The fourth-order valence-corrected chi connectivity index (χ4v) is 14.0. The van der Waals surface area contributed by atoms with Gasteiger partial charge in [-0.1, -0.05) is 42.4 Å². The molecule has 20 nitrogen and oxygen atoms in total. The summed E-state index contributed by atoms with van der Waals surface area (Å²) in [5, 5.41) is 28.3. The molecule has 0 unspecified atom stereocenters. The Labute approximate surface area is 430 Å². The van der Waals surface area contributed by atoms with Crippen molar-refractivity contribution in [2.24, 2.45) is 20.5 Å². The highest BCUT2D eigenvalue weighted by atomic mass is 32.3. The molecule has 2 aromatic carbocycles. The average molecular weight is 1090 g/mol. The summed E-state index contributed by atoms with van der Waals surface area (Å²) in [5.41, 5.74) is 3.47. The molecule has 7 aromatic rings. The highest BCUT2D eigenvalue weighted by molar-refractivity contribution is 7.99. The number of ether oxygens (including phenoxy) is 4. The largest absolute Gasteiger partial charge is 0.494 e. The minimum atomic E-state index is -4.60. The smallest absolute Gasteiger partial charge is 0.307 e. The lowest BCUT2D eigenvalue weighted by Gasteiger charge is -2.25. The van der Waals surface area contributed by atoms with Crippen molar-refractivity contribution in [2.45, 2.75) is 78.6 Å². The Hall–Kier alpha value is -5.16. The average Bonchev–Trinajstić information content (AvgIpc) is 4.12. The first kappa shape index (κ1) is 51.2. The summed E-state index contributed by atoms with van der Waals surface area (Å²) < 4.78 is 66.6. The van der Waals surface area contributed by atoms with E-state index in [4.69, 9.17) is 44.1 Å². The number of nitrogens with one attached hydrogen (secondary N) is 2. The van der Waals surface area contributed by atoms with E-state index in [-0.39, 0.29) is 26.9 Å². The van der Waals surface area contributed by atoms with Crippen LogP contribution in [0.1, 0.15) is 59.8 Å². The molecular weight excluding hydrogens is 1040 g/mol. The normalized spacial score (nSPS) is 13.5. The van der Waals surface area contributed by atoms with E-state index in [1.165, 1.54) is 36.4 Å². The van der Waals surface area contributed by atoms with Crippen LogP contribution in [0.25, 0.3) is 20.4 Å².